The second-order valence-electron chi connectivity index (χ2n) is 5.64. The van der Waals surface area contributed by atoms with Crippen LogP contribution in [-0.4, -0.2) is 27.3 Å². The van der Waals surface area contributed by atoms with E-state index in [2.05, 4.69) is 33.7 Å². The molecular formula is C15H23N5OS. The molecule has 120 valence electrons. The van der Waals surface area contributed by atoms with Crippen LogP contribution >= 0.6 is 11.3 Å². The molecule has 0 spiro atoms. The summed E-state index contributed by atoms with van der Waals surface area (Å²) in [5, 5.41) is 13.1. The number of rotatable bonds is 6. The minimum atomic E-state index is -0.161. The predicted molar refractivity (Wildman–Crippen MR) is 88.0 cm³/mol. The Morgan fingerprint density at radius 2 is 2.14 bits per heavy atom. The average molecular weight is 321 g/mol. The van der Waals surface area contributed by atoms with Crippen molar-refractivity contribution in [1.29, 1.82) is 0 Å². The van der Waals surface area contributed by atoms with Crippen molar-refractivity contribution in [1.82, 2.24) is 25.4 Å². The van der Waals surface area contributed by atoms with Crippen molar-refractivity contribution in [3.05, 3.63) is 33.5 Å². The Morgan fingerprint density at radius 1 is 1.36 bits per heavy atom. The fourth-order valence-electron chi connectivity index (χ4n) is 2.21. The van der Waals surface area contributed by atoms with Crippen molar-refractivity contribution in [2.24, 2.45) is 5.92 Å². The SMILES string of the molecule is Cc1cc(C)n(C[C@@H](C)CNC(=O)NCc2csc(C)n2)n1. The first kappa shape index (κ1) is 16.5. The summed E-state index contributed by atoms with van der Waals surface area (Å²) in [6, 6.07) is 1.90. The maximum absolute atomic E-state index is 11.8. The first-order chi connectivity index (χ1) is 10.4. The van der Waals surface area contributed by atoms with Crippen molar-refractivity contribution in [3.8, 4) is 0 Å². The summed E-state index contributed by atoms with van der Waals surface area (Å²) in [6.07, 6.45) is 0. The van der Waals surface area contributed by atoms with E-state index in [1.54, 1.807) is 11.3 Å². The zero-order valence-corrected chi connectivity index (χ0v) is 14.3. The Hall–Kier alpha value is -1.89. The highest BCUT2D eigenvalue weighted by Gasteiger charge is 2.09. The van der Waals surface area contributed by atoms with E-state index in [4.69, 9.17) is 0 Å². The number of nitrogens with one attached hydrogen (secondary N) is 2. The van der Waals surface area contributed by atoms with Crippen molar-refractivity contribution < 1.29 is 4.79 Å². The summed E-state index contributed by atoms with van der Waals surface area (Å²) in [4.78, 5) is 16.1. The highest BCUT2D eigenvalue weighted by atomic mass is 32.1. The number of hydrogen-bond acceptors (Lipinski definition) is 4. The first-order valence-corrected chi connectivity index (χ1v) is 8.25. The van der Waals surface area contributed by atoms with Crippen LogP contribution in [0.2, 0.25) is 0 Å². The molecule has 2 aromatic rings. The summed E-state index contributed by atoms with van der Waals surface area (Å²) in [5.74, 6) is 0.310. The van der Waals surface area contributed by atoms with Gasteiger partial charge in [0.1, 0.15) is 0 Å². The van der Waals surface area contributed by atoms with Gasteiger partial charge in [-0.05, 0) is 32.8 Å². The van der Waals surface area contributed by atoms with Crippen LogP contribution in [0.25, 0.3) is 0 Å². The molecule has 2 heterocycles. The van der Waals surface area contributed by atoms with E-state index in [0.717, 1.165) is 28.6 Å². The zero-order valence-electron chi connectivity index (χ0n) is 13.5. The number of aryl methyl sites for hydroxylation is 3. The Balaban J connectivity index is 1.70. The molecule has 0 bridgehead atoms. The Kier molecular flexibility index (Phi) is 5.54. The molecule has 0 aliphatic carbocycles. The van der Waals surface area contributed by atoms with Gasteiger partial charge in [0, 0.05) is 24.2 Å². The molecule has 0 saturated heterocycles. The van der Waals surface area contributed by atoms with Crippen molar-refractivity contribution in [2.45, 2.75) is 40.8 Å². The van der Waals surface area contributed by atoms with Crippen LogP contribution in [0, 0.1) is 26.7 Å². The van der Waals surface area contributed by atoms with E-state index in [9.17, 15) is 4.79 Å². The van der Waals surface area contributed by atoms with Gasteiger partial charge < -0.3 is 10.6 Å². The number of hydrogen-bond donors (Lipinski definition) is 2. The molecule has 0 aromatic carbocycles. The van der Waals surface area contributed by atoms with Gasteiger partial charge in [-0.25, -0.2) is 9.78 Å². The van der Waals surface area contributed by atoms with Gasteiger partial charge >= 0.3 is 6.03 Å². The third-order valence-electron chi connectivity index (χ3n) is 3.30. The summed E-state index contributed by atoms with van der Waals surface area (Å²) >= 11 is 1.59. The topological polar surface area (TPSA) is 71.8 Å². The minimum Gasteiger partial charge on any atom is -0.338 e. The van der Waals surface area contributed by atoms with Gasteiger partial charge in [-0.3, -0.25) is 4.68 Å². The highest BCUT2D eigenvalue weighted by molar-refractivity contribution is 7.09. The van der Waals surface area contributed by atoms with E-state index in [1.807, 2.05) is 30.8 Å². The maximum atomic E-state index is 11.8. The van der Waals surface area contributed by atoms with Gasteiger partial charge in [0.15, 0.2) is 0 Å². The van der Waals surface area contributed by atoms with Gasteiger partial charge in [-0.15, -0.1) is 11.3 Å². The highest BCUT2D eigenvalue weighted by Crippen LogP contribution is 2.07. The number of amides is 2. The van der Waals surface area contributed by atoms with E-state index in [1.165, 1.54) is 0 Å². The second-order valence-corrected chi connectivity index (χ2v) is 6.70. The third-order valence-corrected chi connectivity index (χ3v) is 4.12. The third kappa shape index (κ3) is 4.84. The number of thiazole rings is 1. The molecule has 2 aromatic heterocycles. The molecule has 2 amide bonds. The van der Waals surface area contributed by atoms with Gasteiger partial charge in [-0.1, -0.05) is 6.92 Å². The molecule has 2 rings (SSSR count). The van der Waals surface area contributed by atoms with Crippen LogP contribution in [0.3, 0.4) is 0 Å². The standard InChI is InChI=1S/C15H23N5OS/c1-10(8-20-12(3)5-11(2)19-20)6-16-15(21)17-7-14-9-22-13(4)18-14/h5,9-10H,6-8H2,1-4H3,(H2,16,17,21)/t10-/m0/s1. The summed E-state index contributed by atoms with van der Waals surface area (Å²) in [5.41, 5.74) is 3.06. The zero-order chi connectivity index (χ0) is 16.1. The molecule has 0 radical (unpaired) electrons. The van der Waals surface area contributed by atoms with Crippen LogP contribution in [0.4, 0.5) is 4.79 Å². The lowest BCUT2D eigenvalue weighted by molar-refractivity contribution is 0.238. The number of carbonyl (C=O) groups is 1. The molecule has 2 N–H and O–H groups in total. The van der Waals surface area contributed by atoms with Gasteiger partial charge in [0.05, 0.1) is 22.9 Å². The fraction of sp³-hybridized carbons (Fsp3) is 0.533. The van der Waals surface area contributed by atoms with Crippen LogP contribution < -0.4 is 10.6 Å². The Labute approximate surface area is 135 Å². The Bertz CT molecular complexity index is 634. The van der Waals surface area contributed by atoms with Gasteiger partial charge in [0.25, 0.3) is 0 Å². The largest absolute Gasteiger partial charge is 0.338 e. The van der Waals surface area contributed by atoms with E-state index in [0.29, 0.717) is 19.0 Å². The van der Waals surface area contributed by atoms with E-state index in [-0.39, 0.29) is 6.03 Å². The Morgan fingerprint density at radius 3 is 2.73 bits per heavy atom. The average Bonchev–Trinajstić information content (AvgIpc) is 3.00. The lowest BCUT2D eigenvalue weighted by Crippen LogP contribution is -2.38. The number of carbonyl (C=O) groups excluding carboxylic acids is 1. The van der Waals surface area contributed by atoms with Gasteiger partial charge in [-0.2, -0.15) is 5.10 Å². The molecule has 0 aliphatic rings. The van der Waals surface area contributed by atoms with Crippen molar-refractivity contribution in [2.75, 3.05) is 6.54 Å². The molecule has 0 saturated carbocycles. The van der Waals surface area contributed by atoms with Crippen LogP contribution in [-0.2, 0) is 13.1 Å². The molecule has 0 aliphatic heterocycles. The number of nitrogens with zero attached hydrogens (tertiary/aromatic N) is 3. The van der Waals surface area contributed by atoms with E-state index < -0.39 is 0 Å². The molecule has 0 unspecified atom stereocenters. The molecule has 0 fully saturated rings. The summed E-state index contributed by atoms with van der Waals surface area (Å²) in [6.45, 7) is 9.95. The number of aromatic nitrogens is 3. The van der Waals surface area contributed by atoms with Crippen LogP contribution in [0.5, 0.6) is 0 Å². The number of urea groups is 1. The maximum Gasteiger partial charge on any atom is 0.315 e. The van der Waals surface area contributed by atoms with Crippen LogP contribution in [0.1, 0.15) is 29.0 Å². The molecule has 6 nitrogen and oxygen atoms in total. The quantitative estimate of drug-likeness (QED) is 0.858. The van der Waals surface area contributed by atoms with Crippen molar-refractivity contribution >= 4 is 17.4 Å². The summed E-state index contributed by atoms with van der Waals surface area (Å²) in [7, 11) is 0. The lowest BCUT2D eigenvalue weighted by Gasteiger charge is -2.14. The smallest absolute Gasteiger partial charge is 0.315 e. The molecule has 22 heavy (non-hydrogen) atoms. The van der Waals surface area contributed by atoms with Crippen molar-refractivity contribution in [3.63, 3.8) is 0 Å². The lowest BCUT2D eigenvalue weighted by atomic mass is 10.2. The summed E-state index contributed by atoms with van der Waals surface area (Å²) < 4.78 is 1.98. The molecule has 7 heteroatoms. The minimum absolute atomic E-state index is 0.161. The molecule has 1 atom stereocenters. The van der Waals surface area contributed by atoms with E-state index >= 15 is 0 Å². The predicted octanol–water partition coefficient (Wildman–Crippen LogP) is 2.40. The fourth-order valence-corrected chi connectivity index (χ4v) is 2.82. The monoisotopic (exact) mass is 321 g/mol. The normalized spacial score (nSPS) is 12.2. The second kappa shape index (κ2) is 7.40. The first-order valence-electron chi connectivity index (χ1n) is 7.38. The van der Waals surface area contributed by atoms with Crippen LogP contribution in [0.15, 0.2) is 11.4 Å². The van der Waals surface area contributed by atoms with Gasteiger partial charge in [0.2, 0.25) is 0 Å². The molecular weight excluding hydrogens is 298 g/mol.